The van der Waals surface area contributed by atoms with Gasteiger partial charge in [-0.05, 0) is 43.5 Å². The third-order valence-corrected chi connectivity index (χ3v) is 5.27. The molecule has 0 saturated heterocycles. The fourth-order valence-electron chi connectivity index (χ4n) is 2.73. The zero-order chi connectivity index (χ0) is 17.9. The van der Waals surface area contributed by atoms with Crippen LogP contribution >= 0.6 is 0 Å². The minimum atomic E-state index is -3.40. The first-order valence-electron chi connectivity index (χ1n) is 8.02. The normalized spacial score (nSPS) is 11.4. The van der Waals surface area contributed by atoms with Crippen LogP contribution in [0.3, 0.4) is 0 Å². The zero-order valence-electron chi connectivity index (χ0n) is 14.2. The highest BCUT2D eigenvalue weighted by atomic mass is 32.2. The second-order valence-electron chi connectivity index (χ2n) is 5.93. The lowest BCUT2D eigenvalue weighted by Gasteiger charge is -2.09. The van der Waals surface area contributed by atoms with Gasteiger partial charge in [-0.1, -0.05) is 47.6 Å². The highest BCUT2D eigenvalue weighted by Crippen LogP contribution is 2.28. The van der Waals surface area contributed by atoms with Crippen molar-refractivity contribution in [2.75, 3.05) is 10.5 Å². The van der Waals surface area contributed by atoms with E-state index in [0.717, 1.165) is 28.1 Å². The third kappa shape index (κ3) is 4.28. The van der Waals surface area contributed by atoms with Crippen LogP contribution in [-0.4, -0.2) is 19.3 Å². The van der Waals surface area contributed by atoms with E-state index in [1.165, 1.54) is 0 Å². The molecule has 0 fully saturated rings. The van der Waals surface area contributed by atoms with Gasteiger partial charge in [0, 0.05) is 11.3 Å². The first kappa shape index (κ1) is 17.2. The molecule has 0 saturated carbocycles. The molecular formula is C19H20N2O3S. The fourth-order valence-corrected chi connectivity index (χ4v) is 3.83. The van der Waals surface area contributed by atoms with Crippen molar-refractivity contribution in [2.45, 2.75) is 20.3 Å². The van der Waals surface area contributed by atoms with Gasteiger partial charge in [0.15, 0.2) is 0 Å². The highest BCUT2D eigenvalue weighted by Gasteiger charge is 2.13. The first-order valence-corrected chi connectivity index (χ1v) is 9.67. The topological polar surface area (TPSA) is 72.2 Å². The molecule has 3 aromatic rings. The Balaban J connectivity index is 1.68. The number of rotatable bonds is 6. The van der Waals surface area contributed by atoms with Crippen molar-refractivity contribution >= 4 is 15.7 Å². The van der Waals surface area contributed by atoms with Gasteiger partial charge < -0.3 is 4.52 Å². The van der Waals surface area contributed by atoms with E-state index < -0.39 is 10.0 Å². The van der Waals surface area contributed by atoms with E-state index in [1.807, 2.05) is 56.3 Å². The van der Waals surface area contributed by atoms with E-state index in [9.17, 15) is 8.42 Å². The summed E-state index contributed by atoms with van der Waals surface area (Å²) in [7, 11) is -3.40. The SMILES string of the molecule is Cc1noc(C)c1-c1ccc(NS(=O)(=O)CCc2ccccc2)cc1. The Morgan fingerprint density at radius 1 is 1.00 bits per heavy atom. The molecule has 1 heterocycles. The van der Waals surface area contributed by atoms with Gasteiger partial charge in [0.1, 0.15) is 5.76 Å². The minimum Gasteiger partial charge on any atom is -0.361 e. The molecule has 0 spiro atoms. The largest absolute Gasteiger partial charge is 0.361 e. The summed E-state index contributed by atoms with van der Waals surface area (Å²) < 4.78 is 32.3. The average Bonchev–Trinajstić information content (AvgIpc) is 2.93. The molecule has 3 rings (SSSR count). The van der Waals surface area contributed by atoms with Gasteiger partial charge in [-0.15, -0.1) is 0 Å². The fraction of sp³-hybridized carbons (Fsp3) is 0.211. The van der Waals surface area contributed by atoms with Gasteiger partial charge in [-0.2, -0.15) is 0 Å². The van der Waals surface area contributed by atoms with Gasteiger partial charge in [-0.25, -0.2) is 8.42 Å². The molecule has 0 atom stereocenters. The van der Waals surface area contributed by atoms with Crippen LogP contribution in [-0.2, 0) is 16.4 Å². The summed E-state index contributed by atoms with van der Waals surface area (Å²) in [4.78, 5) is 0. The maximum absolute atomic E-state index is 12.3. The van der Waals surface area contributed by atoms with E-state index in [-0.39, 0.29) is 5.75 Å². The van der Waals surface area contributed by atoms with Crippen LogP contribution in [0.1, 0.15) is 17.0 Å². The number of nitrogens with zero attached hydrogens (tertiary/aromatic N) is 1. The van der Waals surface area contributed by atoms with Crippen LogP contribution in [0.25, 0.3) is 11.1 Å². The molecule has 0 aliphatic heterocycles. The van der Waals surface area contributed by atoms with Crippen LogP contribution in [0.4, 0.5) is 5.69 Å². The van der Waals surface area contributed by atoms with Crippen molar-refractivity contribution in [1.29, 1.82) is 0 Å². The van der Waals surface area contributed by atoms with Crippen molar-refractivity contribution in [1.82, 2.24) is 5.16 Å². The molecular weight excluding hydrogens is 336 g/mol. The van der Waals surface area contributed by atoms with Crippen LogP contribution in [0.5, 0.6) is 0 Å². The molecule has 5 nitrogen and oxygen atoms in total. The maximum Gasteiger partial charge on any atom is 0.233 e. The quantitative estimate of drug-likeness (QED) is 0.726. The van der Waals surface area contributed by atoms with Gasteiger partial charge in [0.2, 0.25) is 10.0 Å². The van der Waals surface area contributed by atoms with Crippen molar-refractivity contribution in [3.63, 3.8) is 0 Å². The molecule has 0 bridgehead atoms. The molecule has 1 N–H and O–H groups in total. The zero-order valence-corrected chi connectivity index (χ0v) is 15.0. The summed E-state index contributed by atoms with van der Waals surface area (Å²) in [5.41, 5.74) is 4.25. The highest BCUT2D eigenvalue weighted by molar-refractivity contribution is 7.92. The van der Waals surface area contributed by atoms with Crippen LogP contribution in [0.2, 0.25) is 0 Å². The van der Waals surface area contributed by atoms with Crippen LogP contribution in [0, 0.1) is 13.8 Å². The third-order valence-electron chi connectivity index (χ3n) is 3.98. The van der Waals surface area contributed by atoms with Crippen LogP contribution < -0.4 is 4.72 Å². The van der Waals surface area contributed by atoms with Gasteiger partial charge >= 0.3 is 0 Å². The molecule has 25 heavy (non-hydrogen) atoms. The Labute approximate surface area is 147 Å². The molecule has 0 aliphatic carbocycles. The van der Waals surface area contributed by atoms with E-state index in [1.54, 1.807) is 12.1 Å². The summed E-state index contributed by atoms with van der Waals surface area (Å²) >= 11 is 0. The van der Waals surface area contributed by atoms with Gasteiger partial charge in [0.25, 0.3) is 0 Å². The number of sulfonamides is 1. The lowest BCUT2D eigenvalue weighted by atomic mass is 10.0. The van der Waals surface area contributed by atoms with E-state index in [4.69, 9.17) is 4.52 Å². The minimum absolute atomic E-state index is 0.0443. The molecule has 0 unspecified atom stereocenters. The number of benzene rings is 2. The Bertz CT molecular complexity index is 927. The predicted octanol–water partition coefficient (Wildman–Crippen LogP) is 3.94. The van der Waals surface area contributed by atoms with E-state index in [2.05, 4.69) is 9.88 Å². The van der Waals surface area contributed by atoms with Crippen molar-refractivity contribution in [2.24, 2.45) is 0 Å². The molecule has 0 amide bonds. The maximum atomic E-state index is 12.3. The summed E-state index contributed by atoms with van der Waals surface area (Å²) in [6, 6.07) is 16.8. The summed E-state index contributed by atoms with van der Waals surface area (Å²) in [6.45, 7) is 3.74. The van der Waals surface area contributed by atoms with Crippen molar-refractivity contribution in [3.05, 3.63) is 71.6 Å². The van der Waals surface area contributed by atoms with E-state index >= 15 is 0 Å². The second kappa shape index (κ2) is 7.11. The standard InChI is InChI=1S/C19H20N2O3S/c1-14-19(15(2)24-20-14)17-8-10-18(11-9-17)21-25(22,23)13-12-16-6-4-3-5-7-16/h3-11,21H,12-13H2,1-2H3. The molecule has 130 valence electrons. The monoisotopic (exact) mass is 356 g/mol. The molecule has 1 aromatic heterocycles. The molecule has 2 aromatic carbocycles. The first-order chi connectivity index (χ1) is 11.9. The number of hydrogen-bond donors (Lipinski definition) is 1. The second-order valence-corrected chi connectivity index (χ2v) is 7.77. The number of hydrogen-bond acceptors (Lipinski definition) is 4. The molecule has 0 aliphatic rings. The van der Waals surface area contributed by atoms with Gasteiger partial charge in [-0.3, -0.25) is 4.72 Å². The number of anilines is 1. The Hall–Kier alpha value is -2.60. The number of aryl methyl sites for hydroxylation is 3. The average molecular weight is 356 g/mol. The lowest BCUT2D eigenvalue weighted by Crippen LogP contribution is -2.18. The van der Waals surface area contributed by atoms with Gasteiger partial charge in [0.05, 0.1) is 11.4 Å². The van der Waals surface area contributed by atoms with Crippen LogP contribution in [0.15, 0.2) is 59.1 Å². The number of aromatic nitrogens is 1. The predicted molar refractivity (Wildman–Crippen MR) is 99.0 cm³/mol. The summed E-state index contributed by atoms with van der Waals surface area (Å²) in [6.07, 6.45) is 0.479. The van der Waals surface area contributed by atoms with Crippen molar-refractivity contribution in [3.8, 4) is 11.1 Å². The Kier molecular flexibility index (Phi) is 4.90. The summed E-state index contributed by atoms with van der Waals surface area (Å²) in [5.74, 6) is 0.788. The lowest BCUT2D eigenvalue weighted by molar-refractivity contribution is 0.393. The Morgan fingerprint density at radius 2 is 1.68 bits per heavy atom. The molecule has 6 heteroatoms. The summed E-state index contributed by atoms with van der Waals surface area (Å²) in [5, 5.41) is 3.94. The van der Waals surface area contributed by atoms with E-state index in [0.29, 0.717) is 12.1 Å². The smallest absolute Gasteiger partial charge is 0.233 e. The van der Waals surface area contributed by atoms with Crippen molar-refractivity contribution < 1.29 is 12.9 Å². The Morgan fingerprint density at radius 3 is 2.28 bits per heavy atom. The molecule has 0 radical (unpaired) electrons. The number of nitrogens with one attached hydrogen (secondary N) is 1.